The first kappa shape index (κ1) is 16.8. The van der Waals surface area contributed by atoms with Gasteiger partial charge in [-0.1, -0.05) is 66.2 Å². The average Bonchev–Trinajstić information content (AvgIpc) is 3.48. The lowest BCUT2D eigenvalue weighted by Crippen LogP contribution is -2.10. The Kier molecular flexibility index (Phi) is 4.74. The van der Waals surface area contributed by atoms with Crippen LogP contribution in [0.2, 0.25) is 5.02 Å². The van der Waals surface area contributed by atoms with Crippen molar-refractivity contribution in [3.8, 4) is 5.75 Å². The zero-order valence-electron chi connectivity index (χ0n) is 14.0. The van der Waals surface area contributed by atoms with Gasteiger partial charge in [0.05, 0.1) is 5.56 Å². The molecule has 4 heteroatoms. The maximum absolute atomic E-state index is 12.9. The number of rotatable bonds is 6. The second-order valence-electron chi connectivity index (χ2n) is 6.17. The van der Waals surface area contributed by atoms with E-state index < -0.39 is 6.10 Å². The summed E-state index contributed by atoms with van der Waals surface area (Å²) in [4.78, 5) is 12.9. The number of halogens is 1. The summed E-state index contributed by atoms with van der Waals surface area (Å²) in [5.74, 6) is 0.500. The third-order valence-corrected chi connectivity index (χ3v) is 4.55. The lowest BCUT2D eigenvalue weighted by molar-refractivity contribution is 0.0949. The molecular formula is C22H17ClO3. The van der Waals surface area contributed by atoms with Crippen molar-refractivity contribution in [2.24, 2.45) is 0 Å². The third kappa shape index (κ3) is 3.64. The molecule has 0 aliphatic carbocycles. The van der Waals surface area contributed by atoms with Crippen LogP contribution >= 0.6 is 11.6 Å². The molecule has 26 heavy (non-hydrogen) atoms. The number of ketones is 1. The fourth-order valence-corrected chi connectivity index (χ4v) is 3.13. The minimum Gasteiger partial charge on any atom is -0.488 e. The van der Waals surface area contributed by atoms with Crippen LogP contribution in [0.3, 0.4) is 0 Å². The van der Waals surface area contributed by atoms with Crippen molar-refractivity contribution < 1.29 is 14.3 Å². The van der Waals surface area contributed by atoms with Crippen LogP contribution in [-0.2, 0) is 11.3 Å². The van der Waals surface area contributed by atoms with E-state index in [2.05, 4.69) is 0 Å². The third-order valence-electron chi connectivity index (χ3n) is 4.32. The number of ether oxygens (including phenoxy) is 2. The van der Waals surface area contributed by atoms with Crippen LogP contribution in [0.1, 0.15) is 27.6 Å². The molecule has 0 saturated carbocycles. The van der Waals surface area contributed by atoms with E-state index in [0.717, 1.165) is 11.1 Å². The van der Waals surface area contributed by atoms with Crippen LogP contribution < -0.4 is 4.74 Å². The van der Waals surface area contributed by atoms with E-state index in [1.165, 1.54) is 0 Å². The van der Waals surface area contributed by atoms with E-state index in [4.69, 9.17) is 21.1 Å². The van der Waals surface area contributed by atoms with Crippen molar-refractivity contribution in [2.45, 2.75) is 18.8 Å². The molecular weight excluding hydrogens is 348 g/mol. The number of benzene rings is 3. The molecule has 1 aliphatic heterocycles. The van der Waals surface area contributed by atoms with E-state index in [9.17, 15) is 4.79 Å². The van der Waals surface area contributed by atoms with E-state index in [-0.39, 0.29) is 11.9 Å². The van der Waals surface area contributed by atoms with E-state index in [1.54, 1.807) is 12.1 Å². The number of Topliss-reactive ketones (excluding diaryl/α,β-unsaturated/α-hetero) is 1. The van der Waals surface area contributed by atoms with E-state index in [0.29, 0.717) is 22.9 Å². The quantitative estimate of drug-likeness (QED) is 0.443. The predicted octanol–water partition coefficient (Wildman–Crippen LogP) is 5.24. The van der Waals surface area contributed by atoms with Gasteiger partial charge in [0, 0.05) is 5.02 Å². The molecule has 0 bridgehead atoms. The molecule has 1 heterocycles. The highest BCUT2D eigenvalue weighted by Crippen LogP contribution is 2.42. The van der Waals surface area contributed by atoms with Gasteiger partial charge in [0.2, 0.25) is 0 Å². The Hall–Kier alpha value is -2.62. The first-order valence-corrected chi connectivity index (χ1v) is 8.81. The number of carbonyl (C=O) groups excluding carboxylic acids is 1. The van der Waals surface area contributed by atoms with Gasteiger partial charge in [0.25, 0.3) is 0 Å². The Morgan fingerprint density at radius 1 is 0.962 bits per heavy atom. The second kappa shape index (κ2) is 7.32. The minimum absolute atomic E-state index is 0.0707. The Balaban J connectivity index is 1.49. The molecule has 3 aromatic carbocycles. The molecule has 0 amide bonds. The zero-order valence-corrected chi connectivity index (χ0v) is 14.7. The lowest BCUT2D eigenvalue weighted by Gasteiger charge is -2.10. The Labute approximate surface area is 157 Å². The largest absolute Gasteiger partial charge is 0.488 e. The summed E-state index contributed by atoms with van der Waals surface area (Å²) in [6.07, 6.45) is -0.738. The molecule has 0 radical (unpaired) electrons. The van der Waals surface area contributed by atoms with Gasteiger partial charge in [-0.05, 0) is 35.4 Å². The molecule has 2 atom stereocenters. The molecule has 130 valence electrons. The van der Waals surface area contributed by atoms with Gasteiger partial charge in [0.1, 0.15) is 18.5 Å². The Morgan fingerprint density at radius 2 is 1.73 bits per heavy atom. The molecule has 3 aromatic rings. The normalized spacial score (nSPS) is 18.3. The Bertz CT molecular complexity index is 923. The van der Waals surface area contributed by atoms with Gasteiger partial charge >= 0.3 is 0 Å². The number of carbonyl (C=O) groups is 1. The molecule has 1 aliphatic rings. The standard InChI is InChI=1S/C22H17ClO3/c23-17-10-6-9-16(13-17)21-22(26-21)20(24)18-11-4-5-12-19(18)25-14-15-7-2-1-3-8-15/h1-13,21-22H,14H2/t21-,22+/m0/s1. The van der Waals surface area contributed by atoms with Gasteiger partial charge in [-0.2, -0.15) is 0 Å². The predicted molar refractivity (Wildman–Crippen MR) is 101 cm³/mol. The molecule has 3 nitrogen and oxygen atoms in total. The van der Waals surface area contributed by atoms with Crippen LogP contribution in [0.25, 0.3) is 0 Å². The van der Waals surface area contributed by atoms with E-state index >= 15 is 0 Å². The number of hydrogen-bond donors (Lipinski definition) is 0. The van der Waals surface area contributed by atoms with E-state index in [1.807, 2.05) is 66.7 Å². The smallest absolute Gasteiger partial charge is 0.198 e. The summed E-state index contributed by atoms with van der Waals surface area (Å²) < 4.78 is 11.5. The summed E-state index contributed by atoms with van der Waals surface area (Å²) >= 11 is 6.03. The fourth-order valence-electron chi connectivity index (χ4n) is 2.93. The van der Waals surface area contributed by atoms with Crippen molar-refractivity contribution in [3.05, 3.63) is 101 Å². The maximum atomic E-state index is 12.9. The number of epoxide rings is 1. The zero-order chi connectivity index (χ0) is 17.9. The molecule has 0 aromatic heterocycles. The van der Waals surface area contributed by atoms with Crippen LogP contribution in [0.15, 0.2) is 78.9 Å². The minimum atomic E-state index is -0.491. The molecule has 0 unspecified atom stereocenters. The van der Waals surface area contributed by atoms with Gasteiger partial charge in [0.15, 0.2) is 11.9 Å². The van der Waals surface area contributed by atoms with Crippen molar-refractivity contribution in [1.82, 2.24) is 0 Å². The first-order chi connectivity index (χ1) is 12.7. The van der Waals surface area contributed by atoms with Gasteiger partial charge < -0.3 is 9.47 Å². The van der Waals surface area contributed by atoms with Crippen molar-refractivity contribution in [3.63, 3.8) is 0 Å². The average molecular weight is 365 g/mol. The van der Waals surface area contributed by atoms with Gasteiger partial charge in [-0.15, -0.1) is 0 Å². The summed E-state index contributed by atoms with van der Waals surface area (Å²) in [5.41, 5.74) is 2.51. The molecule has 1 fully saturated rings. The molecule has 1 saturated heterocycles. The van der Waals surface area contributed by atoms with Gasteiger partial charge in [-0.3, -0.25) is 4.79 Å². The van der Waals surface area contributed by atoms with Crippen LogP contribution in [-0.4, -0.2) is 11.9 Å². The number of hydrogen-bond acceptors (Lipinski definition) is 3. The molecule has 0 spiro atoms. The summed E-state index contributed by atoms with van der Waals surface area (Å²) in [6.45, 7) is 0.411. The highest BCUT2D eigenvalue weighted by atomic mass is 35.5. The lowest BCUT2D eigenvalue weighted by atomic mass is 10.0. The summed E-state index contributed by atoms with van der Waals surface area (Å²) in [7, 11) is 0. The van der Waals surface area contributed by atoms with Crippen molar-refractivity contribution in [2.75, 3.05) is 0 Å². The monoisotopic (exact) mass is 364 g/mol. The Morgan fingerprint density at radius 3 is 2.54 bits per heavy atom. The molecule has 0 N–H and O–H groups in total. The molecule has 4 rings (SSSR count). The topological polar surface area (TPSA) is 38.8 Å². The SMILES string of the molecule is O=C(c1ccccc1OCc1ccccc1)[C@H]1O[C@H]1c1cccc(Cl)c1. The number of para-hydroxylation sites is 1. The van der Waals surface area contributed by atoms with Crippen LogP contribution in [0, 0.1) is 0 Å². The van der Waals surface area contributed by atoms with Gasteiger partial charge in [-0.25, -0.2) is 0 Å². The first-order valence-electron chi connectivity index (χ1n) is 8.43. The summed E-state index contributed by atoms with van der Waals surface area (Å²) in [6, 6.07) is 24.6. The van der Waals surface area contributed by atoms with Crippen LogP contribution in [0.4, 0.5) is 0 Å². The van der Waals surface area contributed by atoms with Crippen molar-refractivity contribution >= 4 is 17.4 Å². The van der Waals surface area contributed by atoms with Crippen molar-refractivity contribution in [1.29, 1.82) is 0 Å². The highest BCUT2D eigenvalue weighted by molar-refractivity contribution is 6.30. The summed E-state index contributed by atoms with van der Waals surface area (Å²) in [5, 5.41) is 0.635. The fraction of sp³-hybridized carbons (Fsp3) is 0.136. The van der Waals surface area contributed by atoms with Crippen LogP contribution in [0.5, 0.6) is 5.75 Å². The maximum Gasteiger partial charge on any atom is 0.198 e. The highest BCUT2D eigenvalue weighted by Gasteiger charge is 2.46. The second-order valence-corrected chi connectivity index (χ2v) is 6.60.